The number of hydrogen-bond acceptors (Lipinski definition) is 5. The SMILES string of the molecule is CNC1C(=O)N(c2ccccn2)CCc2ncsc21. The third-order valence-electron chi connectivity index (χ3n) is 3.23. The predicted molar refractivity (Wildman–Crippen MR) is 74.2 cm³/mol. The monoisotopic (exact) mass is 274 g/mol. The van der Waals surface area contributed by atoms with Crippen molar-refractivity contribution in [3.63, 3.8) is 0 Å². The molecule has 1 atom stereocenters. The van der Waals surface area contributed by atoms with Crippen molar-refractivity contribution in [1.82, 2.24) is 15.3 Å². The van der Waals surface area contributed by atoms with E-state index in [2.05, 4.69) is 15.3 Å². The standard InChI is InChI=1S/C13H14N4OS/c1-14-11-12-9(16-8-19-12)5-7-17(13(11)18)10-4-2-3-6-15-10/h2-4,6,8,11,14H,5,7H2,1H3. The van der Waals surface area contributed by atoms with Crippen LogP contribution in [0.4, 0.5) is 5.82 Å². The van der Waals surface area contributed by atoms with Gasteiger partial charge in [0, 0.05) is 19.2 Å². The fourth-order valence-corrected chi connectivity index (χ4v) is 3.23. The molecule has 0 saturated carbocycles. The zero-order valence-corrected chi connectivity index (χ0v) is 11.4. The van der Waals surface area contributed by atoms with Crippen LogP contribution >= 0.6 is 11.3 Å². The summed E-state index contributed by atoms with van der Waals surface area (Å²) in [5.74, 6) is 0.729. The molecule has 0 spiro atoms. The van der Waals surface area contributed by atoms with Crippen LogP contribution in [0.5, 0.6) is 0 Å². The van der Waals surface area contributed by atoms with Crippen LogP contribution < -0.4 is 10.2 Å². The lowest BCUT2D eigenvalue weighted by Gasteiger charge is -2.23. The second kappa shape index (κ2) is 5.07. The highest BCUT2D eigenvalue weighted by atomic mass is 32.1. The molecule has 0 bridgehead atoms. The molecule has 1 aliphatic heterocycles. The van der Waals surface area contributed by atoms with Gasteiger partial charge in [-0.25, -0.2) is 9.97 Å². The summed E-state index contributed by atoms with van der Waals surface area (Å²) in [4.78, 5) is 24.0. The molecule has 1 aliphatic rings. The summed E-state index contributed by atoms with van der Waals surface area (Å²) in [6, 6.07) is 5.27. The minimum atomic E-state index is -0.327. The molecule has 1 N–H and O–H groups in total. The second-order valence-corrected chi connectivity index (χ2v) is 5.20. The minimum absolute atomic E-state index is 0.0317. The van der Waals surface area contributed by atoms with E-state index < -0.39 is 0 Å². The molecule has 3 heterocycles. The van der Waals surface area contributed by atoms with Crippen LogP contribution in [0.25, 0.3) is 0 Å². The average Bonchev–Trinajstić information content (AvgIpc) is 2.85. The predicted octanol–water partition coefficient (Wildman–Crippen LogP) is 1.39. The first kappa shape index (κ1) is 12.3. The normalized spacial score (nSPS) is 19.1. The van der Waals surface area contributed by atoms with Gasteiger partial charge < -0.3 is 5.32 Å². The lowest BCUT2D eigenvalue weighted by Crippen LogP contribution is -2.39. The van der Waals surface area contributed by atoms with Crippen LogP contribution in [-0.4, -0.2) is 29.5 Å². The highest BCUT2D eigenvalue weighted by molar-refractivity contribution is 7.10. The maximum atomic E-state index is 12.6. The Morgan fingerprint density at radius 2 is 2.32 bits per heavy atom. The molecule has 0 aromatic carbocycles. The molecule has 2 aromatic heterocycles. The van der Waals surface area contributed by atoms with Gasteiger partial charge in [-0.1, -0.05) is 6.07 Å². The Hall–Kier alpha value is -1.79. The second-order valence-electron chi connectivity index (χ2n) is 4.31. The van der Waals surface area contributed by atoms with E-state index in [4.69, 9.17) is 0 Å². The number of likely N-dealkylation sites (N-methyl/N-ethyl adjacent to an activating group) is 1. The van der Waals surface area contributed by atoms with E-state index in [1.165, 1.54) is 11.3 Å². The highest BCUT2D eigenvalue weighted by Crippen LogP contribution is 2.29. The van der Waals surface area contributed by atoms with Gasteiger partial charge in [0.05, 0.1) is 16.1 Å². The molecular weight excluding hydrogens is 260 g/mol. The fourth-order valence-electron chi connectivity index (χ4n) is 2.29. The molecule has 0 saturated heterocycles. The molecular formula is C13H14N4OS. The molecule has 0 aliphatic carbocycles. The number of anilines is 1. The molecule has 1 amide bonds. The van der Waals surface area contributed by atoms with Gasteiger partial charge in [0.1, 0.15) is 11.9 Å². The van der Waals surface area contributed by atoms with Gasteiger partial charge in [0.2, 0.25) is 0 Å². The first-order chi connectivity index (χ1) is 9.31. The molecule has 0 fully saturated rings. The molecule has 2 aromatic rings. The van der Waals surface area contributed by atoms with Crippen molar-refractivity contribution in [2.24, 2.45) is 0 Å². The Morgan fingerprint density at radius 3 is 3.05 bits per heavy atom. The molecule has 5 nitrogen and oxygen atoms in total. The van der Waals surface area contributed by atoms with Crippen molar-refractivity contribution in [2.45, 2.75) is 12.5 Å². The number of rotatable bonds is 2. The van der Waals surface area contributed by atoms with Crippen LogP contribution in [0.2, 0.25) is 0 Å². The van der Waals surface area contributed by atoms with Gasteiger partial charge in [-0.2, -0.15) is 0 Å². The summed E-state index contributed by atoms with van der Waals surface area (Å²) in [5, 5.41) is 3.09. The van der Waals surface area contributed by atoms with E-state index in [1.807, 2.05) is 18.2 Å². The van der Waals surface area contributed by atoms with Crippen LogP contribution in [0.1, 0.15) is 16.6 Å². The Kier molecular flexibility index (Phi) is 3.27. The van der Waals surface area contributed by atoms with Gasteiger partial charge in [-0.05, 0) is 19.2 Å². The number of amides is 1. The Labute approximate surface area is 115 Å². The maximum absolute atomic E-state index is 12.6. The summed E-state index contributed by atoms with van der Waals surface area (Å²) < 4.78 is 0. The number of hydrogen-bond donors (Lipinski definition) is 1. The quantitative estimate of drug-likeness (QED) is 0.899. The smallest absolute Gasteiger partial charge is 0.250 e. The topological polar surface area (TPSA) is 58.1 Å². The third-order valence-corrected chi connectivity index (χ3v) is 4.17. The van der Waals surface area contributed by atoms with E-state index in [0.717, 1.165) is 17.0 Å². The zero-order chi connectivity index (χ0) is 13.2. The van der Waals surface area contributed by atoms with Crippen molar-refractivity contribution >= 4 is 23.1 Å². The number of pyridine rings is 1. The first-order valence-corrected chi connectivity index (χ1v) is 7.01. The number of carbonyl (C=O) groups is 1. The maximum Gasteiger partial charge on any atom is 0.250 e. The van der Waals surface area contributed by atoms with E-state index in [9.17, 15) is 4.79 Å². The number of fused-ring (bicyclic) bond motifs is 1. The molecule has 6 heteroatoms. The number of aromatic nitrogens is 2. The summed E-state index contributed by atoms with van der Waals surface area (Å²) in [5.41, 5.74) is 2.81. The van der Waals surface area contributed by atoms with Crippen LogP contribution in [-0.2, 0) is 11.2 Å². The number of nitrogens with zero attached hydrogens (tertiary/aromatic N) is 3. The van der Waals surface area contributed by atoms with Crippen molar-refractivity contribution in [1.29, 1.82) is 0 Å². The Balaban J connectivity index is 1.99. The van der Waals surface area contributed by atoms with Crippen molar-refractivity contribution in [2.75, 3.05) is 18.5 Å². The zero-order valence-electron chi connectivity index (χ0n) is 10.5. The van der Waals surface area contributed by atoms with Gasteiger partial charge in [0.25, 0.3) is 5.91 Å². The van der Waals surface area contributed by atoms with E-state index in [1.54, 1.807) is 23.7 Å². The molecule has 1 unspecified atom stereocenters. The summed E-state index contributed by atoms with van der Waals surface area (Å²) in [7, 11) is 1.80. The van der Waals surface area contributed by atoms with Gasteiger partial charge in [-0.15, -0.1) is 11.3 Å². The van der Waals surface area contributed by atoms with Crippen LogP contribution in [0.15, 0.2) is 29.9 Å². The molecule has 98 valence electrons. The molecule has 0 radical (unpaired) electrons. The number of nitrogens with one attached hydrogen (secondary N) is 1. The Bertz CT molecular complexity index is 583. The van der Waals surface area contributed by atoms with Crippen molar-refractivity contribution in [3.8, 4) is 0 Å². The largest absolute Gasteiger partial charge is 0.305 e. The average molecular weight is 274 g/mol. The van der Waals surface area contributed by atoms with E-state index >= 15 is 0 Å². The van der Waals surface area contributed by atoms with Crippen LogP contribution in [0.3, 0.4) is 0 Å². The van der Waals surface area contributed by atoms with Crippen molar-refractivity contribution < 1.29 is 4.79 Å². The lowest BCUT2D eigenvalue weighted by atomic mass is 10.2. The van der Waals surface area contributed by atoms with Gasteiger partial charge in [-0.3, -0.25) is 9.69 Å². The fraction of sp³-hybridized carbons (Fsp3) is 0.308. The Morgan fingerprint density at radius 1 is 1.42 bits per heavy atom. The summed E-state index contributed by atoms with van der Waals surface area (Å²) in [6.07, 6.45) is 2.47. The van der Waals surface area contributed by atoms with Gasteiger partial charge >= 0.3 is 0 Å². The lowest BCUT2D eigenvalue weighted by molar-refractivity contribution is -0.120. The number of carbonyl (C=O) groups excluding carboxylic acids is 1. The number of thiazole rings is 1. The first-order valence-electron chi connectivity index (χ1n) is 6.13. The third kappa shape index (κ3) is 2.13. The van der Waals surface area contributed by atoms with Crippen LogP contribution in [0, 0.1) is 0 Å². The summed E-state index contributed by atoms with van der Waals surface area (Å²) >= 11 is 1.53. The summed E-state index contributed by atoms with van der Waals surface area (Å²) in [6.45, 7) is 0.616. The highest BCUT2D eigenvalue weighted by Gasteiger charge is 2.32. The van der Waals surface area contributed by atoms with Gasteiger partial charge in [0.15, 0.2) is 0 Å². The van der Waals surface area contributed by atoms with E-state index in [0.29, 0.717) is 12.4 Å². The van der Waals surface area contributed by atoms with E-state index in [-0.39, 0.29) is 11.9 Å². The van der Waals surface area contributed by atoms with Crippen molar-refractivity contribution in [3.05, 3.63) is 40.5 Å². The molecule has 3 rings (SSSR count). The minimum Gasteiger partial charge on any atom is -0.305 e. The molecule has 19 heavy (non-hydrogen) atoms.